The molecule has 0 spiro atoms. The van der Waals surface area contributed by atoms with Crippen molar-refractivity contribution in [3.63, 3.8) is 0 Å². The van der Waals surface area contributed by atoms with Crippen molar-refractivity contribution in [3.05, 3.63) is 92.7 Å². The third-order valence-corrected chi connectivity index (χ3v) is 6.87. The van der Waals surface area contributed by atoms with Gasteiger partial charge in [-0.05, 0) is 110 Å². The number of nitrogens with zero attached hydrogens (tertiary/aromatic N) is 4. The van der Waals surface area contributed by atoms with E-state index >= 15 is 0 Å². The van der Waals surface area contributed by atoms with Gasteiger partial charge >= 0.3 is 5.97 Å². The van der Waals surface area contributed by atoms with E-state index in [-0.39, 0.29) is 6.42 Å². The van der Waals surface area contributed by atoms with Gasteiger partial charge < -0.3 is 5.11 Å². The van der Waals surface area contributed by atoms with Crippen LogP contribution in [-0.2, 0) is 4.79 Å². The summed E-state index contributed by atoms with van der Waals surface area (Å²) < 4.78 is 0. The van der Waals surface area contributed by atoms with Gasteiger partial charge in [-0.3, -0.25) is 4.79 Å². The maximum atomic E-state index is 11.4. The lowest BCUT2D eigenvalue weighted by atomic mass is 9.97. The Morgan fingerprint density at radius 1 is 0.686 bits per heavy atom. The molecule has 8 bridgehead atoms. The van der Waals surface area contributed by atoms with Gasteiger partial charge in [-0.15, -0.1) is 0 Å². The molecule has 0 aromatic heterocycles. The number of allylic oxidation sites excluding steroid dienone is 12. The minimum absolute atomic E-state index is 0.0524. The number of carbonyl (C=O) groups is 1. The van der Waals surface area contributed by atoms with Gasteiger partial charge in [-0.1, -0.05) is 6.92 Å². The summed E-state index contributed by atoms with van der Waals surface area (Å²) in [6.45, 7) is 10.3. The smallest absolute Gasteiger partial charge is 0.303 e. The Hall–Kier alpha value is -3.93. The molecule has 35 heavy (non-hydrogen) atoms. The molecule has 6 heteroatoms. The van der Waals surface area contributed by atoms with E-state index in [2.05, 4.69) is 32.9 Å². The molecule has 0 radical (unpaired) electrons. The van der Waals surface area contributed by atoms with Crippen molar-refractivity contribution in [2.75, 3.05) is 0 Å². The maximum Gasteiger partial charge on any atom is 0.303 e. The minimum atomic E-state index is -0.820. The third kappa shape index (κ3) is 4.20. The highest BCUT2D eigenvalue weighted by atomic mass is 16.4. The van der Waals surface area contributed by atoms with Gasteiger partial charge in [0.2, 0.25) is 0 Å². The monoisotopic (exact) mass is 464 g/mol. The second-order valence-corrected chi connectivity index (χ2v) is 9.29. The van der Waals surface area contributed by atoms with Crippen molar-refractivity contribution < 1.29 is 9.90 Å². The molecule has 0 unspecified atom stereocenters. The summed E-state index contributed by atoms with van der Waals surface area (Å²) in [6.07, 6.45) is 13.5. The van der Waals surface area contributed by atoms with Crippen LogP contribution in [0.1, 0.15) is 53.9 Å². The number of hydrogen-bond donors (Lipinski definition) is 1. The van der Waals surface area contributed by atoms with Gasteiger partial charge in [0, 0.05) is 6.42 Å². The SMILES string of the molecule is CCC1=C(C)C2=NC1=CC1=NC(=CC3=NC(=CC4=NC(=C2)C=C4C)C=C3C)C(C)=C1CCC(=O)O. The van der Waals surface area contributed by atoms with Crippen molar-refractivity contribution in [1.82, 2.24) is 0 Å². The number of aliphatic imine (C=N–C) groups is 4. The molecule has 5 heterocycles. The van der Waals surface area contributed by atoms with E-state index in [4.69, 9.17) is 20.0 Å². The van der Waals surface area contributed by atoms with Crippen LogP contribution in [0, 0.1) is 0 Å². The van der Waals surface area contributed by atoms with Crippen molar-refractivity contribution in [2.45, 2.75) is 53.9 Å². The average molecular weight is 465 g/mol. The predicted molar refractivity (Wildman–Crippen MR) is 142 cm³/mol. The third-order valence-electron chi connectivity index (χ3n) is 6.87. The van der Waals surface area contributed by atoms with Gasteiger partial charge in [-0.25, -0.2) is 20.0 Å². The van der Waals surface area contributed by atoms with E-state index in [1.807, 2.05) is 38.2 Å². The topological polar surface area (TPSA) is 86.7 Å². The zero-order chi connectivity index (χ0) is 24.9. The van der Waals surface area contributed by atoms with Gasteiger partial charge in [0.25, 0.3) is 0 Å². The van der Waals surface area contributed by atoms with Gasteiger partial charge in [0.15, 0.2) is 0 Å². The molecule has 0 aromatic carbocycles. The van der Waals surface area contributed by atoms with E-state index in [0.29, 0.717) is 6.42 Å². The first-order valence-electron chi connectivity index (χ1n) is 11.9. The Balaban J connectivity index is 1.72. The number of aliphatic carboxylic acids is 1. The molecular formula is C29H28N4O2. The van der Waals surface area contributed by atoms with Crippen molar-refractivity contribution in [3.8, 4) is 0 Å². The Bertz CT molecular complexity index is 1460. The Labute approximate surface area is 205 Å². The fourth-order valence-corrected chi connectivity index (χ4v) is 4.86. The molecule has 0 amide bonds. The van der Waals surface area contributed by atoms with Crippen LogP contribution >= 0.6 is 0 Å². The summed E-state index contributed by atoms with van der Waals surface area (Å²) in [4.78, 5) is 30.9. The second-order valence-electron chi connectivity index (χ2n) is 9.29. The van der Waals surface area contributed by atoms with Gasteiger partial charge in [0.1, 0.15) is 0 Å². The summed E-state index contributed by atoms with van der Waals surface area (Å²) >= 11 is 0. The Morgan fingerprint density at radius 3 is 1.89 bits per heavy atom. The largest absolute Gasteiger partial charge is 0.481 e. The zero-order valence-electron chi connectivity index (χ0n) is 20.7. The highest BCUT2D eigenvalue weighted by Gasteiger charge is 2.25. The molecule has 0 aromatic rings. The number of hydrogen-bond acceptors (Lipinski definition) is 5. The van der Waals surface area contributed by atoms with E-state index in [0.717, 1.165) is 79.9 Å². The van der Waals surface area contributed by atoms with Crippen LogP contribution in [0.5, 0.6) is 0 Å². The molecule has 0 saturated heterocycles. The van der Waals surface area contributed by atoms with Crippen LogP contribution in [-0.4, -0.2) is 33.9 Å². The summed E-state index contributed by atoms with van der Waals surface area (Å²) in [7, 11) is 0. The number of fused-ring (bicyclic) bond motifs is 4. The summed E-state index contributed by atoms with van der Waals surface area (Å²) in [5, 5.41) is 9.33. The fraction of sp³-hybridized carbons (Fsp3) is 0.276. The minimum Gasteiger partial charge on any atom is -0.481 e. The molecule has 0 atom stereocenters. The molecular weight excluding hydrogens is 436 g/mol. The molecule has 6 nitrogen and oxygen atoms in total. The van der Waals surface area contributed by atoms with E-state index in [1.54, 1.807) is 0 Å². The maximum absolute atomic E-state index is 11.4. The molecule has 1 N–H and O–H groups in total. The standard InChI is InChI=1S/C29H28N4O2/c1-6-21-17(4)25-12-20-9-15(2)23(30-20)11-19-10-16(3)24(31-19)13-26-18(5)22(7-8-29(34)35)28(33-26)14-27(21)32-25/h9-14H,6-8H2,1-5H3,(H,34,35). The molecule has 176 valence electrons. The second kappa shape index (κ2) is 8.69. The first kappa shape index (κ1) is 22.8. The van der Waals surface area contributed by atoms with Crippen LogP contribution in [0.3, 0.4) is 0 Å². The molecule has 5 aliphatic heterocycles. The molecule has 0 saturated carbocycles. The van der Waals surface area contributed by atoms with Crippen molar-refractivity contribution in [1.29, 1.82) is 0 Å². The van der Waals surface area contributed by atoms with Gasteiger partial charge in [0.05, 0.1) is 45.6 Å². The highest BCUT2D eigenvalue weighted by Crippen LogP contribution is 2.35. The quantitative estimate of drug-likeness (QED) is 0.541. The lowest BCUT2D eigenvalue weighted by Gasteiger charge is -2.06. The van der Waals surface area contributed by atoms with Crippen LogP contribution in [0.2, 0.25) is 0 Å². The Kier molecular flexibility index (Phi) is 5.67. The molecule has 5 aliphatic rings. The number of rotatable bonds is 4. The Morgan fingerprint density at radius 2 is 1.26 bits per heavy atom. The molecule has 0 aliphatic carbocycles. The number of carboxylic acids is 1. The van der Waals surface area contributed by atoms with Crippen molar-refractivity contribution in [2.24, 2.45) is 20.0 Å². The van der Waals surface area contributed by atoms with Crippen LogP contribution in [0.15, 0.2) is 113 Å². The summed E-state index contributed by atoms with van der Waals surface area (Å²) in [5.41, 5.74) is 13.3. The molecule has 5 rings (SSSR count). The highest BCUT2D eigenvalue weighted by molar-refractivity contribution is 6.19. The zero-order valence-corrected chi connectivity index (χ0v) is 20.7. The van der Waals surface area contributed by atoms with Crippen LogP contribution < -0.4 is 0 Å². The summed E-state index contributed by atoms with van der Waals surface area (Å²) in [5.74, 6) is -0.820. The summed E-state index contributed by atoms with van der Waals surface area (Å²) in [6, 6.07) is 0. The normalized spacial score (nSPS) is 21.1. The lowest BCUT2D eigenvalue weighted by Crippen LogP contribution is -2.03. The van der Waals surface area contributed by atoms with E-state index in [1.165, 1.54) is 5.57 Å². The number of carboxylic acid groups (broad SMARTS) is 1. The predicted octanol–water partition coefficient (Wildman–Crippen LogP) is 6.15. The fourth-order valence-electron chi connectivity index (χ4n) is 4.86. The first-order chi connectivity index (χ1) is 16.7. The van der Waals surface area contributed by atoms with E-state index < -0.39 is 5.97 Å². The van der Waals surface area contributed by atoms with Crippen molar-refractivity contribution >= 4 is 28.8 Å². The van der Waals surface area contributed by atoms with Crippen LogP contribution in [0.4, 0.5) is 0 Å². The first-order valence-corrected chi connectivity index (χ1v) is 11.9. The lowest BCUT2D eigenvalue weighted by molar-refractivity contribution is -0.136. The average Bonchev–Trinajstić information content (AvgIpc) is 3.48. The van der Waals surface area contributed by atoms with Crippen LogP contribution in [0.25, 0.3) is 0 Å². The van der Waals surface area contributed by atoms with Gasteiger partial charge in [-0.2, -0.15) is 0 Å². The molecule has 0 fully saturated rings. The van der Waals surface area contributed by atoms with E-state index in [9.17, 15) is 9.90 Å².